The fraction of sp³-hybridized carbons (Fsp3) is 0.300. The summed E-state index contributed by atoms with van der Waals surface area (Å²) in [6.07, 6.45) is -0.891. The Bertz CT molecular complexity index is 365. The fourth-order valence-corrected chi connectivity index (χ4v) is 1.82. The lowest BCUT2D eigenvalue weighted by atomic mass is 10.0. The van der Waals surface area contributed by atoms with E-state index in [0.29, 0.717) is 0 Å². The Hall–Kier alpha value is -1.07. The highest BCUT2D eigenvalue weighted by molar-refractivity contribution is 9.10. The van der Waals surface area contributed by atoms with Crippen molar-refractivity contribution in [2.45, 2.75) is 12.1 Å². The van der Waals surface area contributed by atoms with E-state index in [1.165, 1.54) is 0 Å². The molecule has 1 saturated heterocycles. The molecule has 0 aromatic heterocycles. The third-order valence-corrected chi connectivity index (χ3v) is 2.83. The Morgan fingerprint density at radius 1 is 1.40 bits per heavy atom. The molecule has 2 unspecified atom stereocenters. The van der Waals surface area contributed by atoms with Crippen molar-refractivity contribution in [2.75, 3.05) is 6.61 Å². The number of carbonyl (C=O) groups is 1. The average molecular weight is 272 g/mol. The first kappa shape index (κ1) is 10.4. The van der Waals surface area contributed by atoms with Crippen LogP contribution < -0.4 is 5.32 Å². The summed E-state index contributed by atoms with van der Waals surface area (Å²) in [5.74, 6) is 0. The molecule has 1 aromatic rings. The number of ether oxygens (including phenoxy) is 1. The van der Waals surface area contributed by atoms with Gasteiger partial charge in [-0.1, -0.05) is 28.1 Å². The second kappa shape index (κ2) is 4.20. The van der Waals surface area contributed by atoms with Crippen LogP contribution in [-0.4, -0.2) is 23.8 Å². The molecule has 5 heteroatoms. The molecule has 2 atom stereocenters. The predicted octanol–water partition coefficient (Wildman–Crippen LogP) is 1.59. The number of cyclic esters (lactones) is 1. The molecule has 2 N–H and O–H groups in total. The Morgan fingerprint density at radius 2 is 2.07 bits per heavy atom. The van der Waals surface area contributed by atoms with E-state index >= 15 is 0 Å². The average Bonchev–Trinajstić information content (AvgIpc) is 2.61. The molecule has 1 aromatic carbocycles. The quantitative estimate of drug-likeness (QED) is 0.859. The predicted molar refractivity (Wildman–Crippen MR) is 57.4 cm³/mol. The molecule has 0 aliphatic carbocycles. The van der Waals surface area contributed by atoms with E-state index in [-0.39, 0.29) is 12.6 Å². The summed E-state index contributed by atoms with van der Waals surface area (Å²) >= 11 is 3.33. The highest BCUT2D eigenvalue weighted by atomic mass is 79.9. The van der Waals surface area contributed by atoms with Gasteiger partial charge >= 0.3 is 6.09 Å². The van der Waals surface area contributed by atoms with Crippen molar-refractivity contribution in [1.82, 2.24) is 5.32 Å². The van der Waals surface area contributed by atoms with Crippen LogP contribution in [-0.2, 0) is 4.74 Å². The van der Waals surface area contributed by atoms with Crippen LogP contribution in [0.5, 0.6) is 0 Å². The minimum absolute atomic E-state index is 0.132. The lowest BCUT2D eigenvalue weighted by Gasteiger charge is -2.14. The first-order chi connectivity index (χ1) is 7.20. The van der Waals surface area contributed by atoms with Gasteiger partial charge < -0.3 is 15.2 Å². The number of halogens is 1. The zero-order valence-corrected chi connectivity index (χ0v) is 9.40. The van der Waals surface area contributed by atoms with E-state index < -0.39 is 12.2 Å². The van der Waals surface area contributed by atoms with Crippen molar-refractivity contribution in [1.29, 1.82) is 0 Å². The summed E-state index contributed by atoms with van der Waals surface area (Å²) in [5, 5.41) is 11.6. The Morgan fingerprint density at radius 3 is 2.67 bits per heavy atom. The summed E-state index contributed by atoms with van der Waals surface area (Å²) in [5.41, 5.74) is 0.871. The first-order valence-corrected chi connectivity index (χ1v) is 5.33. The van der Waals surface area contributed by atoms with E-state index in [9.17, 15) is 4.79 Å². The normalized spacial score (nSPS) is 24.8. The monoisotopic (exact) mass is 271 g/mol. The van der Waals surface area contributed by atoms with Gasteiger partial charge in [-0.05, 0) is 17.7 Å². The van der Waals surface area contributed by atoms with Gasteiger partial charge in [0, 0.05) is 4.47 Å². The largest absolute Gasteiger partial charge is 0.439 e. The molecule has 1 heterocycles. The van der Waals surface area contributed by atoms with Crippen molar-refractivity contribution in [3.05, 3.63) is 34.3 Å². The van der Waals surface area contributed by atoms with Crippen LogP contribution in [0.3, 0.4) is 0 Å². The van der Waals surface area contributed by atoms with Crippen molar-refractivity contribution in [3.63, 3.8) is 0 Å². The number of carbonyl (C=O) groups excluding carboxylic acids is 1. The lowest BCUT2D eigenvalue weighted by molar-refractivity contribution is 0.119. The van der Waals surface area contributed by atoms with Crippen molar-refractivity contribution in [3.8, 4) is 0 Å². The van der Waals surface area contributed by atoms with Gasteiger partial charge in [-0.3, -0.25) is 0 Å². The number of rotatable bonds is 2. The van der Waals surface area contributed by atoms with E-state index in [1.807, 2.05) is 24.3 Å². The van der Waals surface area contributed by atoms with Gasteiger partial charge in [0.25, 0.3) is 0 Å². The number of alkyl carbamates (subject to hydrolysis) is 1. The Balaban J connectivity index is 2.22. The van der Waals surface area contributed by atoms with Gasteiger partial charge in [0.15, 0.2) is 6.10 Å². The number of amides is 1. The van der Waals surface area contributed by atoms with Gasteiger partial charge in [-0.25, -0.2) is 4.79 Å². The Kier molecular flexibility index (Phi) is 2.93. The first-order valence-electron chi connectivity index (χ1n) is 4.54. The van der Waals surface area contributed by atoms with Crippen LogP contribution in [0.2, 0.25) is 0 Å². The van der Waals surface area contributed by atoms with Crippen LogP contribution >= 0.6 is 15.9 Å². The molecule has 1 aliphatic rings. The van der Waals surface area contributed by atoms with Gasteiger partial charge in [-0.15, -0.1) is 0 Å². The maximum Gasteiger partial charge on any atom is 0.408 e. The van der Waals surface area contributed by atoms with E-state index in [2.05, 4.69) is 21.2 Å². The van der Waals surface area contributed by atoms with E-state index in [1.54, 1.807) is 0 Å². The fourth-order valence-electron chi connectivity index (χ4n) is 1.55. The van der Waals surface area contributed by atoms with Crippen LogP contribution in [0.4, 0.5) is 4.79 Å². The second-order valence-electron chi connectivity index (χ2n) is 3.31. The number of hydrogen-bond donors (Lipinski definition) is 2. The maximum atomic E-state index is 11.0. The smallest absolute Gasteiger partial charge is 0.408 e. The van der Waals surface area contributed by atoms with Crippen LogP contribution in [0, 0.1) is 0 Å². The zero-order chi connectivity index (χ0) is 10.8. The molecular weight excluding hydrogens is 262 g/mol. The number of aliphatic hydroxyl groups excluding tert-OH is 1. The SMILES string of the molecule is O=C1NC(CO)C(c2ccc(Br)cc2)O1. The molecule has 2 rings (SSSR count). The molecule has 0 bridgehead atoms. The summed E-state index contributed by atoms with van der Waals surface area (Å²) in [6, 6.07) is 7.10. The molecule has 80 valence electrons. The standard InChI is InChI=1S/C10H10BrNO3/c11-7-3-1-6(2-4-7)9-8(5-13)12-10(14)15-9/h1-4,8-9,13H,5H2,(H,12,14). The van der Waals surface area contributed by atoms with Crippen LogP contribution in [0.25, 0.3) is 0 Å². The molecular formula is C10H10BrNO3. The number of nitrogens with one attached hydrogen (secondary N) is 1. The zero-order valence-electron chi connectivity index (χ0n) is 7.81. The Labute approximate surface area is 95.4 Å². The lowest BCUT2D eigenvalue weighted by Crippen LogP contribution is -2.31. The van der Waals surface area contributed by atoms with Crippen molar-refractivity contribution in [2.24, 2.45) is 0 Å². The van der Waals surface area contributed by atoms with E-state index in [4.69, 9.17) is 9.84 Å². The number of aliphatic hydroxyl groups is 1. The molecule has 0 saturated carbocycles. The number of benzene rings is 1. The summed E-state index contributed by atoms with van der Waals surface area (Å²) < 4.78 is 6.03. The topological polar surface area (TPSA) is 58.6 Å². The maximum absolute atomic E-state index is 11.0. The van der Waals surface area contributed by atoms with Gasteiger partial charge in [0.05, 0.1) is 12.6 Å². The molecule has 1 fully saturated rings. The van der Waals surface area contributed by atoms with Crippen LogP contribution in [0.15, 0.2) is 28.7 Å². The highest BCUT2D eigenvalue weighted by Crippen LogP contribution is 2.27. The molecule has 0 spiro atoms. The van der Waals surface area contributed by atoms with Crippen molar-refractivity contribution >= 4 is 22.0 Å². The van der Waals surface area contributed by atoms with Crippen LogP contribution in [0.1, 0.15) is 11.7 Å². The second-order valence-corrected chi connectivity index (χ2v) is 4.23. The minimum atomic E-state index is -0.484. The minimum Gasteiger partial charge on any atom is -0.439 e. The third-order valence-electron chi connectivity index (χ3n) is 2.30. The van der Waals surface area contributed by atoms with Gasteiger partial charge in [0.2, 0.25) is 0 Å². The molecule has 4 nitrogen and oxygen atoms in total. The number of hydrogen-bond acceptors (Lipinski definition) is 3. The third kappa shape index (κ3) is 2.13. The molecule has 15 heavy (non-hydrogen) atoms. The summed E-state index contributed by atoms with van der Waals surface area (Å²) in [4.78, 5) is 11.0. The van der Waals surface area contributed by atoms with Gasteiger partial charge in [-0.2, -0.15) is 0 Å². The molecule has 0 radical (unpaired) electrons. The highest BCUT2D eigenvalue weighted by Gasteiger charge is 2.34. The van der Waals surface area contributed by atoms with Gasteiger partial charge in [0.1, 0.15) is 0 Å². The van der Waals surface area contributed by atoms with E-state index in [0.717, 1.165) is 10.0 Å². The summed E-state index contributed by atoms with van der Waals surface area (Å²) in [7, 11) is 0. The van der Waals surface area contributed by atoms with Crippen molar-refractivity contribution < 1.29 is 14.6 Å². The molecule has 1 aliphatic heterocycles. The summed E-state index contributed by atoms with van der Waals surface area (Å²) in [6.45, 7) is -0.132. The molecule has 1 amide bonds.